The van der Waals surface area contributed by atoms with Gasteiger partial charge in [0, 0.05) is 23.4 Å². The molecule has 0 radical (unpaired) electrons. The minimum Gasteiger partial charge on any atom is -0.481 e. The van der Waals surface area contributed by atoms with Gasteiger partial charge in [0.2, 0.25) is 0 Å². The molecule has 0 saturated carbocycles. The highest BCUT2D eigenvalue weighted by molar-refractivity contribution is 9.10. The molecule has 0 aliphatic rings. The van der Waals surface area contributed by atoms with Crippen LogP contribution in [0.3, 0.4) is 0 Å². The molecule has 0 bridgehead atoms. The molecule has 1 aromatic heterocycles. The summed E-state index contributed by atoms with van der Waals surface area (Å²) in [6.45, 7) is 0.260. The van der Waals surface area contributed by atoms with Gasteiger partial charge in [-0.25, -0.2) is 4.39 Å². The third kappa shape index (κ3) is 3.05. The van der Waals surface area contributed by atoms with Crippen LogP contribution in [0, 0.1) is 5.82 Å². The van der Waals surface area contributed by atoms with Crippen LogP contribution in [0.2, 0.25) is 0 Å². The van der Waals surface area contributed by atoms with E-state index in [0.29, 0.717) is 0 Å². The maximum Gasteiger partial charge on any atom is 0.165 e. The molecule has 0 fully saturated rings. The quantitative estimate of drug-likeness (QED) is 0.944. The van der Waals surface area contributed by atoms with Gasteiger partial charge in [-0.15, -0.1) is 0 Å². The van der Waals surface area contributed by atoms with Crippen LogP contribution in [-0.4, -0.2) is 11.5 Å². The number of nitrogens with zero attached hydrogens (tertiary/aromatic N) is 1. The van der Waals surface area contributed by atoms with Crippen molar-refractivity contribution in [2.75, 3.05) is 6.54 Å². The minimum absolute atomic E-state index is 0.177. The average molecular weight is 311 g/mol. The zero-order valence-corrected chi connectivity index (χ0v) is 11.1. The van der Waals surface area contributed by atoms with Crippen molar-refractivity contribution < 1.29 is 9.13 Å². The Labute approximate surface area is 113 Å². The number of benzene rings is 1. The Morgan fingerprint density at radius 1 is 1.28 bits per heavy atom. The van der Waals surface area contributed by atoms with Crippen molar-refractivity contribution in [1.29, 1.82) is 0 Å². The summed E-state index contributed by atoms with van der Waals surface area (Å²) in [6, 6.07) is 8.14. The molecule has 2 rings (SSSR count). The van der Waals surface area contributed by atoms with Gasteiger partial charge in [0.1, 0.15) is 6.10 Å². The highest BCUT2D eigenvalue weighted by Crippen LogP contribution is 2.26. The Morgan fingerprint density at radius 2 is 2.00 bits per heavy atom. The van der Waals surface area contributed by atoms with Gasteiger partial charge >= 0.3 is 0 Å². The molecular formula is C13H12BrFN2O. The number of rotatable bonds is 4. The number of nitrogens with two attached hydrogens (primary N) is 1. The number of aromatic nitrogens is 1. The first-order chi connectivity index (χ1) is 8.70. The number of hydrogen-bond acceptors (Lipinski definition) is 3. The second kappa shape index (κ2) is 5.93. The van der Waals surface area contributed by atoms with Crippen molar-refractivity contribution in [3.63, 3.8) is 0 Å². The van der Waals surface area contributed by atoms with Crippen molar-refractivity contribution in [3.8, 4) is 5.75 Å². The fraction of sp³-hybridized carbons (Fsp3) is 0.154. The lowest BCUT2D eigenvalue weighted by Gasteiger charge is -2.18. The van der Waals surface area contributed by atoms with Gasteiger partial charge in [-0.2, -0.15) is 0 Å². The fourth-order valence-electron chi connectivity index (χ4n) is 1.55. The van der Waals surface area contributed by atoms with Crippen molar-refractivity contribution in [2.24, 2.45) is 5.73 Å². The monoisotopic (exact) mass is 310 g/mol. The molecule has 18 heavy (non-hydrogen) atoms. The van der Waals surface area contributed by atoms with E-state index in [4.69, 9.17) is 10.5 Å². The molecule has 5 heteroatoms. The molecule has 1 aromatic carbocycles. The van der Waals surface area contributed by atoms with Crippen LogP contribution >= 0.6 is 15.9 Å². The smallest absolute Gasteiger partial charge is 0.165 e. The second-order valence-corrected chi connectivity index (χ2v) is 4.61. The van der Waals surface area contributed by atoms with E-state index >= 15 is 0 Å². The third-order valence-electron chi connectivity index (χ3n) is 2.45. The van der Waals surface area contributed by atoms with Crippen LogP contribution in [0.1, 0.15) is 11.7 Å². The van der Waals surface area contributed by atoms with Crippen molar-refractivity contribution >= 4 is 15.9 Å². The molecule has 0 spiro atoms. The molecule has 0 saturated heterocycles. The lowest BCUT2D eigenvalue weighted by molar-refractivity contribution is 0.204. The average Bonchev–Trinajstić information content (AvgIpc) is 2.41. The summed E-state index contributed by atoms with van der Waals surface area (Å²) in [7, 11) is 0. The number of hydrogen-bond donors (Lipinski definition) is 1. The second-order valence-electron chi connectivity index (χ2n) is 3.70. The van der Waals surface area contributed by atoms with Gasteiger partial charge in [-0.1, -0.05) is 15.9 Å². The molecule has 2 N–H and O–H groups in total. The molecule has 1 heterocycles. The predicted octanol–water partition coefficient (Wildman–Crippen LogP) is 3.06. The van der Waals surface area contributed by atoms with E-state index in [-0.39, 0.29) is 12.3 Å². The largest absolute Gasteiger partial charge is 0.481 e. The van der Waals surface area contributed by atoms with Crippen molar-refractivity contribution in [3.05, 3.63) is 58.6 Å². The molecule has 0 aliphatic carbocycles. The topological polar surface area (TPSA) is 48.1 Å². The van der Waals surface area contributed by atoms with E-state index in [2.05, 4.69) is 20.9 Å². The van der Waals surface area contributed by atoms with E-state index in [0.717, 1.165) is 10.0 Å². The van der Waals surface area contributed by atoms with Crippen LogP contribution in [0.15, 0.2) is 47.2 Å². The van der Waals surface area contributed by atoms with Gasteiger partial charge in [0.25, 0.3) is 0 Å². The van der Waals surface area contributed by atoms with Gasteiger partial charge in [-0.3, -0.25) is 4.98 Å². The number of ether oxygens (including phenoxy) is 1. The minimum atomic E-state index is -0.411. The van der Waals surface area contributed by atoms with Crippen molar-refractivity contribution in [2.45, 2.75) is 6.10 Å². The molecular weight excluding hydrogens is 299 g/mol. The predicted molar refractivity (Wildman–Crippen MR) is 70.8 cm³/mol. The van der Waals surface area contributed by atoms with E-state index < -0.39 is 11.9 Å². The first kappa shape index (κ1) is 13.0. The Hall–Kier alpha value is -1.46. The molecule has 1 unspecified atom stereocenters. The summed E-state index contributed by atoms with van der Waals surface area (Å²) in [5.74, 6) is -0.234. The summed E-state index contributed by atoms with van der Waals surface area (Å²) in [4.78, 5) is 3.92. The Bertz CT molecular complexity index is 522. The maximum absolute atomic E-state index is 13.6. The van der Waals surface area contributed by atoms with Crippen molar-refractivity contribution in [1.82, 2.24) is 4.98 Å². The van der Waals surface area contributed by atoms with Crippen LogP contribution < -0.4 is 10.5 Å². The SMILES string of the molecule is NCC(Oc1cc(Br)ccc1F)c1ccncc1. The lowest BCUT2D eigenvalue weighted by atomic mass is 10.1. The number of pyridine rings is 1. The Balaban J connectivity index is 2.23. The van der Waals surface area contributed by atoms with Gasteiger partial charge in [0.15, 0.2) is 11.6 Å². The van der Waals surface area contributed by atoms with E-state index in [9.17, 15) is 4.39 Å². The third-order valence-corrected chi connectivity index (χ3v) is 2.95. The molecule has 0 amide bonds. The van der Waals surface area contributed by atoms with Gasteiger partial charge in [0.05, 0.1) is 0 Å². The van der Waals surface area contributed by atoms with E-state index in [1.54, 1.807) is 36.7 Å². The molecule has 94 valence electrons. The fourth-order valence-corrected chi connectivity index (χ4v) is 1.89. The zero-order valence-electron chi connectivity index (χ0n) is 9.51. The van der Waals surface area contributed by atoms with Crippen LogP contribution in [-0.2, 0) is 0 Å². The van der Waals surface area contributed by atoms with E-state index in [1.165, 1.54) is 6.07 Å². The lowest BCUT2D eigenvalue weighted by Crippen LogP contribution is -2.18. The van der Waals surface area contributed by atoms with Crippen LogP contribution in [0.25, 0.3) is 0 Å². The standard InChI is InChI=1S/C13H12BrFN2O/c14-10-1-2-11(15)12(7-10)18-13(8-16)9-3-5-17-6-4-9/h1-7,13H,8,16H2. The van der Waals surface area contributed by atoms with Crippen LogP contribution in [0.5, 0.6) is 5.75 Å². The first-order valence-electron chi connectivity index (χ1n) is 5.42. The first-order valence-corrected chi connectivity index (χ1v) is 6.21. The highest BCUT2D eigenvalue weighted by Gasteiger charge is 2.14. The molecule has 2 aromatic rings. The Kier molecular flexibility index (Phi) is 4.28. The van der Waals surface area contributed by atoms with Gasteiger partial charge < -0.3 is 10.5 Å². The van der Waals surface area contributed by atoms with E-state index in [1.807, 2.05) is 0 Å². The summed E-state index contributed by atoms with van der Waals surface area (Å²) in [5.41, 5.74) is 6.53. The summed E-state index contributed by atoms with van der Waals surface area (Å²) in [5, 5.41) is 0. The molecule has 1 atom stereocenters. The molecule has 3 nitrogen and oxygen atoms in total. The maximum atomic E-state index is 13.6. The summed E-state index contributed by atoms with van der Waals surface area (Å²) in [6.07, 6.45) is 2.91. The molecule has 0 aliphatic heterocycles. The van der Waals surface area contributed by atoms with Gasteiger partial charge in [-0.05, 0) is 35.9 Å². The summed E-state index contributed by atoms with van der Waals surface area (Å²) < 4.78 is 19.9. The van der Waals surface area contributed by atoms with Crippen LogP contribution in [0.4, 0.5) is 4.39 Å². The number of halogens is 2. The Morgan fingerprint density at radius 3 is 2.67 bits per heavy atom. The highest BCUT2D eigenvalue weighted by atomic mass is 79.9. The zero-order chi connectivity index (χ0) is 13.0. The normalized spacial score (nSPS) is 12.2. The summed E-state index contributed by atoms with van der Waals surface area (Å²) >= 11 is 3.28.